The maximum absolute atomic E-state index is 10.0. The Kier molecular flexibility index (Phi) is 8.14. The number of nitrogens with zero attached hydrogens (tertiary/aromatic N) is 1. The van der Waals surface area contributed by atoms with Crippen molar-refractivity contribution in [3.63, 3.8) is 0 Å². The van der Waals surface area contributed by atoms with Gasteiger partial charge in [-0.15, -0.1) is 35.4 Å². The maximum Gasteiger partial charge on any atom is 0.155 e. The number of fused-ring (bicyclic) bond motifs is 1. The minimum atomic E-state index is -0.125. The van der Waals surface area contributed by atoms with E-state index in [4.69, 9.17) is 9.52 Å². The zero-order valence-corrected chi connectivity index (χ0v) is 18.6. The van der Waals surface area contributed by atoms with Crippen molar-refractivity contribution < 1.29 is 34.4 Å². The van der Waals surface area contributed by atoms with Gasteiger partial charge in [0.2, 0.25) is 0 Å². The Bertz CT molecular complexity index is 915. The monoisotopic (exact) mass is 543 g/mol. The predicted molar refractivity (Wildman–Crippen MR) is 104 cm³/mol. The topological polar surface area (TPSA) is 63.3 Å². The molecule has 0 fully saturated rings. The van der Waals surface area contributed by atoms with Crippen LogP contribution >= 0.6 is 0 Å². The van der Waals surface area contributed by atoms with Gasteiger partial charge < -0.3 is 14.5 Å². The van der Waals surface area contributed by atoms with Gasteiger partial charge in [-0.25, -0.2) is 0 Å². The van der Waals surface area contributed by atoms with Crippen LogP contribution in [-0.2, 0) is 30.3 Å². The number of benzene rings is 1. The Morgan fingerprint density at radius 1 is 1.19 bits per heavy atom. The molecule has 145 valence electrons. The molecule has 3 aromatic rings. The molecule has 0 atom stereocenters. The normalized spacial score (nSPS) is 11.4. The number of hydrogen-bond donors (Lipinski definition) is 1. The van der Waals surface area contributed by atoms with Crippen LogP contribution in [0.25, 0.3) is 22.2 Å². The molecule has 1 radical (unpaired) electrons. The fourth-order valence-corrected chi connectivity index (χ4v) is 2.44. The third-order valence-corrected chi connectivity index (χ3v) is 3.73. The molecule has 2 aromatic heterocycles. The second kappa shape index (κ2) is 9.63. The van der Waals surface area contributed by atoms with E-state index in [1.54, 1.807) is 12.5 Å². The quantitative estimate of drug-likeness (QED) is 0.259. The molecule has 0 saturated heterocycles. The summed E-state index contributed by atoms with van der Waals surface area (Å²) in [5.74, 6) is -0.0625. The van der Waals surface area contributed by atoms with Gasteiger partial charge in [-0.05, 0) is 37.1 Å². The van der Waals surface area contributed by atoms with E-state index in [1.165, 1.54) is 25.5 Å². The van der Waals surface area contributed by atoms with E-state index in [2.05, 4.69) is 50.0 Å². The number of hydrogen-bond acceptors (Lipinski definition) is 4. The van der Waals surface area contributed by atoms with Crippen LogP contribution in [0.1, 0.15) is 40.2 Å². The molecule has 1 aromatic carbocycles. The summed E-state index contributed by atoms with van der Waals surface area (Å²) in [5, 5.41) is 9.39. The third-order valence-electron chi connectivity index (χ3n) is 3.73. The minimum Gasteiger partial charge on any atom is -0.512 e. The molecule has 0 saturated carbocycles. The summed E-state index contributed by atoms with van der Waals surface area (Å²) in [7, 11) is 0. The van der Waals surface area contributed by atoms with Crippen LogP contribution in [-0.4, -0.2) is 15.9 Å². The van der Waals surface area contributed by atoms with E-state index in [-0.39, 0.29) is 37.1 Å². The largest absolute Gasteiger partial charge is 0.512 e. The van der Waals surface area contributed by atoms with Crippen LogP contribution in [0.15, 0.2) is 59.0 Å². The van der Waals surface area contributed by atoms with Crippen molar-refractivity contribution in [3.8, 4) is 11.3 Å². The molecule has 0 bridgehead atoms. The summed E-state index contributed by atoms with van der Waals surface area (Å²) >= 11 is 0. The van der Waals surface area contributed by atoms with E-state index >= 15 is 0 Å². The Morgan fingerprint density at radius 3 is 2.37 bits per heavy atom. The van der Waals surface area contributed by atoms with Crippen LogP contribution < -0.4 is 0 Å². The molecular weight excluding hydrogens is 518 g/mol. The van der Waals surface area contributed by atoms with Crippen molar-refractivity contribution in [2.75, 3.05) is 0 Å². The number of carbonyl (C=O) groups excluding carboxylic acids is 1. The Hall–Kier alpha value is -2.23. The van der Waals surface area contributed by atoms with E-state index < -0.39 is 0 Å². The number of allylic oxidation sites excluding steroid dienone is 2. The van der Waals surface area contributed by atoms with Gasteiger partial charge in [0.05, 0.1) is 12.0 Å². The molecule has 4 nitrogen and oxygen atoms in total. The molecule has 0 unspecified atom stereocenters. The van der Waals surface area contributed by atoms with Crippen molar-refractivity contribution in [3.05, 3.63) is 66.3 Å². The van der Waals surface area contributed by atoms with Crippen molar-refractivity contribution in [2.24, 2.45) is 0 Å². The van der Waals surface area contributed by atoms with Gasteiger partial charge in [-0.3, -0.25) is 4.79 Å². The van der Waals surface area contributed by atoms with E-state index in [0.717, 1.165) is 22.2 Å². The number of pyridine rings is 1. The standard InChI is InChI=1S/C17H16NO.C5H8O2.Ir/c1-17(2,3)13-6-4-12(5-7-13)16-14-9-11-19-15(14)8-10-18-16;1-4(6)3-5(2)7;/h4,6-11H,1-3H3;3,6H,1-2H3;/q-1;;. The number of aliphatic hydroxyl groups is 1. The molecule has 3 rings (SSSR count). The summed E-state index contributed by atoms with van der Waals surface area (Å²) in [6, 6.07) is 13.4. The first kappa shape index (κ1) is 22.8. The molecule has 0 aliphatic carbocycles. The zero-order valence-electron chi connectivity index (χ0n) is 16.2. The smallest absolute Gasteiger partial charge is 0.155 e. The number of aromatic nitrogens is 1. The zero-order chi connectivity index (χ0) is 19.3. The number of ketones is 1. The molecule has 5 heteroatoms. The van der Waals surface area contributed by atoms with E-state index in [1.807, 2.05) is 12.1 Å². The van der Waals surface area contributed by atoms with E-state index in [9.17, 15) is 4.79 Å². The van der Waals surface area contributed by atoms with Gasteiger partial charge in [-0.2, -0.15) is 0 Å². The number of aliphatic hydroxyl groups excluding tert-OH is 1. The Labute approximate surface area is 173 Å². The second-order valence-corrected chi connectivity index (χ2v) is 7.13. The van der Waals surface area contributed by atoms with Crippen LogP contribution in [0.2, 0.25) is 0 Å². The number of furan rings is 1. The molecule has 0 aliphatic heterocycles. The molecule has 0 aliphatic rings. The Morgan fingerprint density at radius 2 is 1.89 bits per heavy atom. The van der Waals surface area contributed by atoms with Gasteiger partial charge in [0.15, 0.2) is 5.78 Å². The first-order valence-electron chi connectivity index (χ1n) is 8.41. The molecular formula is C22H24IrNO3-. The first-order valence-corrected chi connectivity index (χ1v) is 8.41. The first-order chi connectivity index (χ1) is 12.2. The van der Waals surface area contributed by atoms with Crippen molar-refractivity contribution in [2.45, 2.75) is 40.0 Å². The average Bonchev–Trinajstić information content (AvgIpc) is 3.02. The van der Waals surface area contributed by atoms with Gasteiger partial charge in [0, 0.05) is 37.8 Å². The van der Waals surface area contributed by atoms with Crippen LogP contribution in [0, 0.1) is 6.07 Å². The third kappa shape index (κ3) is 6.46. The predicted octanol–water partition coefficient (Wildman–Crippen LogP) is 5.63. The van der Waals surface area contributed by atoms with Crippen LogP contribution in [0.5, 0.6) is 0 Å². The van der Waals surface area contributed by atoms with Crippen molar-refractivity contribution >= 4 is 16.8 Å². The number of carbonyl (C=O) groups is 1. The fourth-order valence-electron chi connectivity index (χ4n) is 2.44. The van der Waals surface area contributed by atoms with Gasteiger partial charge in [0.25, 0.3) is 0 Å². The molecule has 2 heterocycles. The fraction of sp³-hybridized carbons (Fsp3) is 0.273. The molecule has 0 amide bonds. The van der Waals surface area contributed by atoms with Gasteiger partial charge in [0.1, 0.15) is 5.58 Å². The summed E-state index contributed by atoms with van der Waals surface area (Å²) in [5.41, 5.74) is 4.20. The average molecular weight is 543 g/mol. The van der Waals surface area contributed by atoms with Crippen molar-refractivity contribution in [1.82, 2.24) is 4.98 Å². The van der Waals surface area contributed by atoms with Crippen LogP contribution in [0.3, 0.4) is 0 Å². The summed E-state index contributed by atoms with van der Waals surface area (Å²) < 4.78 is 5.40. The summed E-state index contributed by atoms with van der Waals surface area (Å²) in [4.78, 5) is 14.5. The Balaban J connectivity index is 0.000000395. The molecule has 27 heavy (non-hydrogen) atoms. The summed E-state index contributed by atoms with van der Waals surface area (Å²) in [6.45, 7) is 9.45. The molecule has 0 spiro atoms. The number of rotatable bonds is 2. The summed E-state index contributed by atoms with van der Waals surface area (Å²) in [6.07, 6.45) is 4.63. The SMILES string of the molecule is CC(=O)C=C(C)O.CC(C)(C)c1c[c-]c(-c2nccc3occc23)cc1.[Ir]. The van der Waals surface area contributed by atoms with Gasteiger partial charge in [-0.1, -0.05) is 20.8 Å². The van der Waals surface area contributed by atoms with E-state index in [0.29, 0.717) is 0 Å². The van der Waals surface area contributed by atoms with Gasteiger partial charge >= 0.3 is 0 Å². The minimum absolute atomic E-state index is 0. The maximum atomic E-state index is 10.0. The van der Waals surface area contributed by atoms with Crippen molar-refractivity contribution in [1.29, 1.82) is 0 Å². The second-order valence-electron chi connectivity index (χ2n) is 7.13. The van der Waals surface area contributed by atoms with Crippen LogP contribution in [0.4, 0.5) is 0 Å². The molecule has 1 N–H and O–H groups in total.